The first-order chi connectivity index (χ1) is 6.75. The van der Waals surface area contributed by atoms with Gasteiger partial charge in [0.25, 0.3) is 0 Å². The van der Waals surface area contributed by atoms with Crippen LogP contribution in [-0.4, -0.2) is 19.5 Å². The summed E-state index contributed by atoms with van der Waals surface area (Å²) in [6.45, 7) is 0.804. The Kier molecular flexibility index (Phi) is 3.72. The Labute approximate surface area is 95.7 Å². The van der Waals surface area contributed by atoms with Gasteiger partial charge in [0.2, 0.25) is 5.91 Å². The lowest BCUT2D eigenvalue weighted by Crippen LogP contribution is -3.00. The van der Waals surface area contributed by atoms with Crippen molar-refractivity contribution in [1.29, 1.82) is 0 Å². The predicted molar refractivity (Wildman–Crippen MR) is 55.0 cm³/mol. The Morgan fingerprint density at radius 1 is 1.40 bits per heavy atom. The third-order valence-corrected chi connectivity index (χ3v) is 2.79. The molecule has 1 atom stereocenters. The Morgan fingerprint density at radius 2 is 2.07 bits per heavy atom. The van der Waals surface area contributed by atoms with Crippen molar-refractivity contribution in [2.24, 2.45) is 0 Å². The minimum Gasteiger partial charge on any atom is -1.00 e. The Balaban J connectivity index is 0.00000112. The van der Waals surface area contributed by atoms with Crippen molar-refractivity contribution in [3.8, 4) is 0 Å². The number of para-hydroxylation sites is 1. The molecular formula is C11H15ClN2O. The second kappa shape index (κ2) is 4.64. The van der Waals surface area contributed by atoms with Crippen LogP contribution in [0.3, 0.4) is 0 Å². The summed E-state index contributed by atoms with van der Waals surface area (Å²) in [5, 5.41) is 0. The van der Waals surface area contributed by atoms with E-state index in [0.29, 0.717) is 0 Å². The van der Waals surface area contributed by atoms with Gasteiger partial charge in [-0.3, -0.25) is 4.79 Å². The molecule has 15 heavy (non-hydrogen) atoms. The maximum Gasteiger partial charge on any atom is 0.234 e. The normalized spacial score (nSPS) is 18.7. The van der Waals surface area contributed by atoms with Gasteiger partial charge in [0.05, 0.1) is 12.5 Å². The lowest BCUT2D eigenvalue weighted by Gasteiger charge is -2.09. The molecule has 0 saturated heterocycles. The standard InChI is InChI=1S/C11H14N2O.ClH/c1-13-10-5-3-2-4-8(10)9(6-7-12)11(13)14;/h2-5,9H,6-7,12H2,1H3;1H. The van der Waals surface area contributed by atoms with Crippen LogP contribution < -0.4 is 23.0 Å². The van der Waals surface area contributed by atoms with E-state index >= 15 is 0 Å². The van der Waals surface area contributed by atoms with Gasteiger partial charge in [-0.2, -0.15) is 0 Å². The number of halogens is 1. The molecule has 4 heteroatoms. The summed E-state index contributed by atoms with van der Waals surface area (Å²) in [5.74, 6) is 0.239. The van der Waals surface area contributed by atoms with Crippen LogP contribution in [-0.2, 0) is 4.79 Å². The van der Waals surface area contributed by atoms with E-state index in [-0.39, 0.29) is 24.2 Å². The molecule has 1 amide bonds. The highest BCUT2D eigenvalue weighted by Crippen LogP contribution is 2.37. The molecule has 0 fully saturated rings. The van der Waals surface area contributed by atoms with Crippen LogP contribution >= 0.6 is 0 Å². The number of anilines is 1. The van der Waals surface area contributed by atoms with Gasteiger partial charge in [-0.05, 0) is 11.6 Å². The summed E-state index contributed by atoms with van der Waals surface area (Å²) in [5.41, 5.74) is 6.02. The van der Waals surface area contributed by atoms with Gasteiger partial charge in [0.15, 0.2) is 0 Å². The minimum atomic E-state index is 0. The average Bonchev–Trinajstić information content (AvgIpc) is 2.45. The minimum absolute atomic E-state index is 0. The molecule has 0 bridgehead atoms. The number of amides is 1. The van der Waals surface area contributed by atoms with Crippen LogP contribution in [0.1, 0.15) is 17.9 Å². The van der Waals surface area contributed by atoms with Crippen molar-refractivity contribution in [1.82, 2.24) is 0 Å². The number of hydrogen-bond acceptors (Lipinski definition) is 1. The van der Waals surface area contributed by atoms with Gasteiger partial charge in [-0.15, -0.1) is 0 Å². The highest BCUT2D eigenvalue weighted by Gasteiger charge is 2.34. The third-order valence-electron chi connectivity index (χ3n) is 2.79. The summed E-state index contributed by atoms with van der Waals surface area (Å²) in [4.78, 5) is 13.6. The quantitative estimate of drug-likeness (QED) is 0.590. The molecule has 1 heterocycles. The molecule has 0 aromatic heterocycles. The summed E-state index contributed by atoms with van der Waals surface area (Å²) in [7, 11) is 1.84. The van der Waals surface area contributed by atoms with E-state index in [2.05, 4.69) is 5.73 Å². The highest BCUT2D eigenvalue weighted by atomic mass is 35.5. The van der Waals surface area contributed by atoms with Crippen LogP contribution in [0.5, 0.6) is 0 Å². The summed E-state index contributed by atoms with van der Waals surface area (Å²) in [6, 6.07) is 7.99. The molecule has 3 N–H and O–H groups in total. The number of benzene rings is 1. The fourth-order valence-electron chi connectivity index (χ4n) is 2.06. The lowest BCUT2D eigenvalue weighted by atomic mass is 9.97. The van der Waals surface area contributed by atoms with E-state index in [1.54, 1.807) is 4.90 Å². The number of nitrogens with zero attached hydrogens (tertiary/aromatic N) is 1. The van der Waals surface area contributed by atoms with Crippen LogP contribution in [0, 0.1) is 0 Å². The second-order valence-corrected chi connectivity index (χ2v) is 3.65. The van der Waals surface area contributed by atoms with Gasteiger partial charge in [-0.25, -0.2) is 0 Å². The van der Waals surface area contributed by atoms with E-state index in [1.165, 1.54) is 0 Å². The molecule has 82 valence electrons. The molecule has 1 unspecified atom stereocenters. The average molecular weight is 227 g/mol. The Hall–Kier alpha value is -1.06. The van der Waals surface area contributed by atoms with Crippen LogP contribution in [0.4, 0.5) is 5.69 Å². The topological polar surface area (TPSA) is 48.0 Å². The first kappa shape index (κ1) is 12.0. The van der Waals surface area contributed by atoms with Gasteiger partial charge >= 0.3 is 0 Å². The highest BCUT2D eigenvalue weighted by molar-refractivity contribution is 6.04. The number of carbonyl (C=O) groups excluding carboxylic acids is 1. The molecule has 0 saturated carbocycles. The number of fused-ring (bicyclic) bond motifs is 1. The number of hydrogen-bond donors (Lipinski definition) is 1. The Morgan fingerprint density at radius 3 is 2.73 bits per heavy atom. The van der Waals surface area contributed by atoms with Crippen molar-refractivity contribution >= 4 is 11.6 Å². The van der Waals surface area contributed by atoms with Crippen LogP contribution in [0.15, 0.2) is 24.3 Å². The zero-order valence-electron chi connectivity index (χ0n) is 8.74. The first-order valence-electron chi connectivity index (χ1n) is 4.91. The monoisotopic (exact) mass is 226 g/mol. The molecule has 0 radical (unpaired) electrons. The molecular weight excluding hydrogens is 212 g/mol. The van der Waals surface area contributed by atoms with E-state index in [4.69, 9.17) is 0 Å². The van der Waals surface area contributed by atoms with E-state index < -0.39 is 0 Å². The smallest absolute Gasteiger partial charge is 0.234 e. The molecule has 0 aliphatic carbocycles. The van der Waals surface area contributed by atoms with Crippen molar-refractivity contribution in [3.63, 3.8) is 0 Å². The maximum absolute atomic E-state index is 11.9. The third kappa shape index (κ3) is 1.85. The number of likely N-dealkylation sites (N-methyl/N-ethyl adjacent to an activating group) is 1. The van der Waals surface area contributed by atoms with Crippen molar-refractivity contribution in [2.75, 3.05) is 18.5 Å². The van der Waals surface area contributed by atoms with Gasteiger partial charge < -0.3 is 23.0 Å². The second-order valence-electron chi connectivity index (χ2n) is 3.65. The fraction of sp³-hybridized carbons (Fsp3) is 0.364. The number of rotatable bonds is 2. The van der Waals surface area contributed by atoms with E-state index in [0.717, 1.165) is 24.2 Å². The van der Waals surface area contributed by atoms with Gasteiger partial charge in [-0.1, -0.05) is 18.2 Å². The fourth-order valence-corrected chi connectivity index (χ4v) is 2.06. The molecule has 3 nitrogen and oxygen atoms in total. The summed E-state index contributed by atoms with van der Waals surface area (Å²) in [6.07, 6.45) is 0.847. The van der Waals surface area contributed by atoms with Crippen LogP contribution in [0.25, 0.3) is 0 Å². The molecule has 0 spiro atoms. The SMILES string of the molecule is CN1C(=O)C(CC[NH3+])c2ccccc21.[Cl-]. The molecule has 1 aromatic carbocycles. The largest absolute Gasteiger partial charge is 1.00 e. The van der Waals surface area contributed by atoms with Crippen molar-refractivity contribution in [2.45, 2.75) is 12.3 Å². The van der Waals surface area contributed by atoms with Crippen molar-refractivity contribution < 1.29 is 22.9 Å². The first-order valence-corrected chi connectivity index (χ1v) is 4.91. The zero-order valence-corrected chi connectivity index (χ0v) is 9.50. The molecule has 1 aromatic rings. The summed E-state index contributed by atoms with van der Waals surface area (Å²) < 4.78 is 0. The maximum atomic E-state index is 11.9. The van der Waals surface area contributed by atoms with E-state index in [9.17, 15) is 4.79 Å². The van der Waals surface area contributed by atoms with Crippen LogP contribution in [0.2, 0.25) is 0 Å². The zero-order chi connectivity index (χ0) is 10.1. The summed E-state index contributed by atoms with van der Waals surface area (Å²) >= 11 is 0. The van der Waals surface area contributed by atoms with Gasteiger partial charge in [0.1, 0.15) is 0 Å². The Bertz CT molecular complexity index is 367. The number of carbonyl (C=O) groups is 1. The van der Waals surface area contributed by atoms with Crippen molar-refractivity contribution in [3.05, 3.63) is 29.8 Å². The molecule has 1 aliphatic rings. The predicted octanol–water partition coefficient (Wildman–Crippen LogP) is -2.62. The number of quaternary nitrogens is 1. The van der Waals surface area contributed by atoms with Gasteiger partial charge in [0, 0.05) is 19.2 Å². The lowest BCUT2D eigenvalue weighted by molar-refractivity contribution is -0.368. The molecule has 1 aliphatic heterocycles. The molecule has 2 rings (SSSR count). The van der Waals surface area contributed by atoms with E-state index in [1.807, 2.05) is 31.3 Å².